The Labute approximate surface area is 89.6 Å². The summed E-state index contributed by atoms with van der Waals surface area (Å²) in [5.41, 5.74) is 10.3. The Bertz CT molecular complexity index is 285. The average molecular weight is 242 g/mol. The zero-order chi connectivity index (χ0) is 13.1. The summed E-state index contributed by atoms with van der Waals surface area (Å²) in [5.74, 6) is -2.98. The molecule has 0 aromatic carbocycles. The van der Waals surface area contributed by atoms with Crippen LogP contribution in [0, 0.1) is 5.41 Å². The van der Waals surface area contributed by atoms with Crippen molar-refractivity contribution in [1.29, 1.82) is 0 Å². The number of nitrogens with two attached hydrogens (primary N) is 2. The van der Waals surface area contributed by atoms with Crippen molar-refractivity contribution in [1.82, 2.24) is 0 Å². The SMILES string of the molecule is CC1(C(N)=O)CC(N)C1.O=C(O)C(F)(F)F. The van der Waals surface area contributed by atoms with Crippen LogP contribution in [0.1, 0.15) is 19.8 Å². The van der Waals surface area contributed by atoms with Gasteiger partial charge in [-0.05, 0) is 12.8 Å². The molecule has 5 nitrogen and oxygen atoms in total. The van der Waals surface area contributed by atoms with Crippen molar-refractivity contribution >= 4 is 11.9 Å². The standard InChI is InChI=1S/C6H12N2O.C2HF3O2/c1-6(5(8)9)2-4(7)3-6;3-2(4,5)1(6)7/h4H,2-3,7H2,1H3,(H2,8,9);(H,6,7). The van der Waals surface area contributed by atoms with Gasteiger partial charge >= 0.3 is 12.1 Å². The molecule has 0 bridgehead atoms. The van der Waals surface area contributed by atoms with Crippen molar-refractivity contribution in [3.63, 3.8) is 0 Å². The van der Waals surface area contributed by atoms with Gasteiger partial charge in [0.1, 0.15) is 0 Å². The minimum Gasteiger partial charge on any atom is -0.475 e. The van der Waals surface area contributed by atoms with Crippen LogP contribution in [0.15, 0.2) is 0 Å². The normalized spacial score (nSPS) is 28.4. The van der Waals surface area contributed by atoms with E-state index in [1.54, 1.807) is 0 Å². The van der Waals surface area contributed by atoms with Gasteiger partial charge in [-0.2, -0.15) is 13.2 Å². The van der Waals surface area contributed by atoms with Gasteiger partial charge < -0.3 is 16.6 Å². The van der Waals surface area contributed by atoms with Crippen molar-refractivity contribution in [3.8, 4) is 0 Å². The third-order valence-corrected chi connectivity index (χ3v) is 2.26. The Morgan fingerprint density at radius 3 is 1.75 bits per heavy atom. The number of rotatable bonds is 1. The molecule has 1 aliphatic rings. The summed E-state index contributed by atoms with van der Waals surface area (Å²) in [5, 5.41) is 7.12. The first-order valence-corrected chi connectivity index (χ1v) is 4.34. The van der Waals surface area contributed by atoms with E-state index in [0.717, 1.165) is 12.8 Å². The van der Waals surface area contributed by atoms with Crippen LogP contribution in [0.5, 0.6) is 0 Å². The summed E-state index contributed by atoms with van der Waals surface area (Å²) >= 11 is 0. The van der Waals surface area contributed by atoms with E-state index in [1.165, 1.54) is 0 Å². The number of hydrogen-bond acceptors (Lipinski definition) is 3. The molecule has 0 unspecified atom stereocenters. The molecule has 1 fully saturated rings. The van der Waals surface area contributed by atoms with Crippen LogP contribution >= 0.6 is 0 Å². The van der Waals surface area contributed by atoms with Gasteiger partial charge in [0.05, 0.1) is 0 Å². The second-order valence-electron chi connectivity index (χ2n) is 3.90. The van der Waals surface area contributed by atoms with Crippen molar-refractivity contribution in [2.75, 3.05) is 0 Å². The van der Waals surface area contributed by atoms with Gasteiger partial charge in [-0.25, -0.2) is 4.79 Å². The molecule has 0 aliphatic heterocycles. The molecule has 16 heavy (non-hydrogen) atoms. The first kappa shape index (κ1) is 14.7. The lowest BCUT2D eigenvalue weighted by atomic mass is 9.67. The number of primary amides is 1. The summed E-state index contributed by atoms with van der Waals surface area (Å²) in [6.07, 6.45) is -3.58. The van der Waals surface area contributed by atoms with Crippen LogP contribution in [0.25, 0.3) is 0 Å². The minimum absolute atomic E-state index is 0.197. The molecule has 0 spiro atoms. The lowest BCUT2D eigenvalue weighted by Crippen LogP contribution is -2.51. The lowest BCUT2D eigenvalue weighted by Gasteiger charge is -2.40. The zero-order valence-corrected chi connectivity index (χ0v) is 8.54. The van der Waals surface area contributed by atoms with E-state index in [0.29, 0.717) is 0 Å². The molecule has 1 aliphatic carbocycles. The third kappa shape index (κ3) is 4.05. The fourth-order valence-corrected chi connectivity index (χ4v) is 1.30. The average Bonchev–Trinajstić information content (AvgIpc) is 2.00. The molecule has 0 heterocycles. The summed E-state index contributed by atoms with van der Waals surface area (Å²) in [6.45, 7) is 1.86. The maximum absolute atomic E-state index is 10.6. The molecule has 8 heteroatoms. The fourth-order valence-electron chi connectivity index (χ4n) is 1.30. The number of halogens is 3. The molecular formula is C8H13F3N2O3. The van der Waals surface area contributed by atoms with Gasteiger partial charge in [-0.15, -0.1) is 0 Å². The molecule has 1 rings (SSSR count). The Hall–Kier alpha value is -1.31. The van der Waals surface area contributed by atoms with Gasteiger partial charge in [0, 0.05) is 11.5 Å². The molecule has 0 radical (unpaired) electrons. The minimum atomic E-state index is -5.08. The van der Waals surface area contributed by atoms with Crippen molar-refractivity contribution in [2.45, 2.75) is 32.0 Å². The lowest BCUT2D eigenvalue weighted by molar-refractivity contribution is -0.192. The largest absolute Gasteiger partial charge is 0.490 e. The topological polar surface area (TPSA) is 106 Å². The molecule has 1 saturated carbocycles. The number of carbonyl (C=O) groups is 2. The van der Waals surface area contributed by atoms with Crippen LogP contribution in [0.4, 0.5) is 13.2 Å². The van der Waals surface area contributed by atoms with Crippen molar-refractivity contribution in [3.05, 3.63) is 0 Å². The Kier molecular flexibility index (Phi) is 4.30. The first-order chi connectivity index (χ1) is 6.99. The number of aliphatic carboxylic acids is 1. The van der Waals surface area contributed by atoms with Crippen LogP contribution in [-0.4, -0.2) is 29.2 Å². The highest BCUT2D eigenvalue weighted by Crippen LogP contribution is 2.38. The highest BCUT2D eigenvalue weighted by Gasteiger charge is 2.42. The predicted octanol–water partition coefficient (Wildman–Crippen LogP) is 0.232. The van der Waals surface area contributed by atoms with E-state index < -0.39 is 12.1 Å². The van der Waals surface area contributed by atoms with Crippen molar-refractivity contribution in [2.24, 2.45) is 16.9 Å². The molecule has 0 saturated heterocycles. The molecule has 0 aromatic heterocycles. The zero-order valence-electron chi connectivity index (χ0n) is 8.54. The number of alkyl halides is 3. The maximum atomic E-state index is 10.6. The summed E-state index contributed by atoms with van der Waals surface area (Å²) < 4.78 is 31.7. The molecule has 0 atom stereocenters. The summed E-state index contributed by atoms with van der Waals surface area (Å²) in [6, 6.07) is 0.197. The summed E-state index contributed by atoms with van der Waals surface area (Å²) in [4.78, 5) is 19.5. The number of carboxylic acid groups (broad SMARTS) is 1. The van der Waals surface area contributed by atoms with Gasteiger partial charge in [0.2, 0.25) is 5.91 Å². The quantitative estimate of drug-likeness (QED) is 0.611. The van der Waals surface area contributed by atoms with E-state index in [4.69, 9.17) is 21.4 Å². The number of carboxylic acids is 1. The predicted molar refractivity (Wildman–Crippen MR) is 48.2 cm³/mol. The van der Waals surface area contributed by atoms with E-state index in [-0.39, 0.29) is 17.4 Å². The smallest absolute Gasteiger partial charge is 0.475 e. The van der Waals surface area contributed by atoms with Crippen LogP contribution in [-0.2, 0) is 9.59 Å². The van der Waals surface area contributed by atoms with Gasteiger partial charge in [-0.3, -0.25) is 4.79 Å². The molecule has 94 valence electrons. The molecule has 0 aromatic rings. The van der Waals surface area contributed by atoms with Gasteiger partial charge in [0.15, 0.2) is 0 Å². The second-order valence-corrected chi connectivity index (χ2v) is 3.90. The molecular weight excluding hydrogens is 229 g/mol. The van der Waals surface area contributed by atoms with Gasteiger partial charge in [-0.1, -0.05) is 6.92 Å². The highest BCUT2D eigenvalue weighted by atomic mass is 19.4. The fraction of sp³-hybridized carbons (Fsp3) is 0.750. The third-order valence-electron chi connectivity index (χ3n) is 2.26. The summed E-state index contributed by atoms with van der Waals surface area (Å²) in [7, 11) is 0. The molecule has 5 N–H and O–H groups in total. The highest BCUT2D eigenvalue weighted by molar-refractivity contribution is 5.81. The van der Waals surface area contributed by atoms with E-state index in [2.05, 4.69) is 0 Å². The Balaban J connectivity index is 0.000000293. The number of amides is 1. The Morgan fingerprint density at radius 1 is 1.38 bits per heavy atom. The molecule has 1 amide bonds. The van der Waals surface area contributed by atoms with E-state index in [9.17, 15) is 18.0 Å². The number of hydrogen-bond donors (Lipinski definition) is 3. The van der Waals surface area contributed by atoms with Crippen LogP contribution in [0.2, 0.25) is 0 Å². The van der Waals surface area contributed by atoms with E-state index in [1.807, 2.05) is 6.92 Å². The van der Waals surface area contributed by atoms with Crippen molar-refractivity contribution < 1.29 is 27.9 Å². The van der Waals surface area contributed by atoms with E-state index >= 15 is 0 Å². The maximum Gasteiger partial charge on any atom is 0.490 e. The monoisotopic (exact) mass is 242 g/mol. The Morgan fingerprint density at radius 2 is 1.69 bits per heavy atom. The van der Waals surface area contributed by atoms with Crippen LogP contribution in [0.3, 0.4) is 0 Å². The van der Waals surface area contributed by atoms with Gasteiger partial charge in [0.25, 0.3) is 0 Å². The first-order valence-electron chi connectivity index (χ1n) is 4.34. The van der Waals surface area contributed by atoms with Crippen LogP contribution < -0.4 is 11.5 Å². The second kappa shape index (κ2) is 4.69. The number of carbonyl (C=O) groups excluding carboxylic acids is 1.